The van der Waals surface area contributed by atoms with Crippen LogP contribution < -0.4 is 36.1 Å². The van der Waals surface area contributed by atoms with Crippen LogP contribution in [0.5, 0.6) is 17.2 Å². The molecule has 1 aromatic heterocycles. The molecule has 0 bridgehead atoms. The summed E-state index contributed by atoms with van der Waals surface area (Å²) in [6, 6.07) is 7.63. The van der Waals surface area contributed by atoms with Gasteiger partial charge in [-0.2, -0.15) is 0 Å². The van der Waals surface area contributed by atoms with Crippen LogP contribution in [0.1, 0.15) is 20.8 Å². The Labute approximate surface area is 224 Å². The molecule has 0 saturated heterocycles. The van der Waals surface area contributed by atoms with Crippen molar-refractivity contribution >= 4 is 52.8 Å². The monoisotopic (exact) mass is 560 g/mol. The van der Waals surface area contributed by atoms with Crippen LogP contribution in [-0.2, 0) is 21.4 Å². The standard InChI is InChI=1S/C24H21ClN4O10/c1-11(30)37-17-9-16(10-18(38-12(2)31)20(17)39-13(3)32)28(24(35)36)19-21(26)29(23(34)27(4)22(19)33)15-7-5-14(25)6-8-15/h5-10H,26H2,1-4H3,(H,35,36). The smallest absolute Gasteiger partial charge is 0.416 e. The molecule has 14 nitrogen and oxygen atoms in total. The van der Waals surface area contributed by atoms with Gasteiger partial charge in [-0.25, -0.2) is 19.1 Å². The number of hydrogen-bond donors (Lipinski definition) is 2. The highest BCUT2D eigenvalue weighted by Crippen LogP contribution is 2.44. The molecular formula is C24H21ClN4O10. The average molecular weight is 561 g/mol. The first-order valence-corrected chi connectivity index (χ1v) is 11.2. The summed E-state index contributed by atoms with van der Waals surface area (Å²) in [5.41, 5.74) is 3.27. The van der Waals surface area contributed by atoms with Crippen LogP contribution in [-0.4, -0.2) is 38.2 Å². The van der Waals surface area contributed by atoms with Crippen LogP contribution in [0.3, 0.4) is 0 Å². The Morgan fingerprint density at radius 1 is 0.897 bits per heavy atom. The van der Waals surface area contributed by atoms with Crippen molar-refractivity contribution < 1.29 is 38.5 Å². The largest absolute Gasteiger partial charge is 0.464 e. The summed E-state index contributed by atoms with van der Waals surface area (Å²) < 4.78 is 16.7. The van der Waals surface area contributed by atoms with Crippen molar-refractivity contribution in [3.63, 3.8) is 0 Å². The van der Waals surface area contributed by atoms with Gasteiger partial charge in [0.15, 0.2) is 17.2 Å². The van der Waals surface area contributed by atoms with Crippen LogP contribution in [0.25, 0.3) is 5.69 Å². The van der Waals surface area contributed by atoms with E-state index in [1.807, 2.05) is 0 Å². The minimum Gasteiger partial charge on any atom is -0.464 e. The second-order valence-corrected chi connectivity index (χ2v) is 8.30. The van der Waals surface area contributed by atoms with Crippen molar-refractivity contribution in [2.24, 2.45) is 7.05 Å². The summed E-state index contributed by atoms with van der Waals surface area (Å²) in [7, 11) is 1.11. The highest BCUT2D eigenvalue weighted by Gasteiger charge is 2.30. The molecule has 15 heteroatoms. The van der Waals surface area contributed by atoms with Gasteiger partial charge in [-0.3, -0.25) is 23.7 Å². The molecule has 0 aliphatic heterocycles. The molecule has 1 amide bonds. The van der Waals surface area contributed by atoms with E-state index < -0.39 is 69.7 Å². The molecule has 0 unspecified atom stereocenters. The van der Waals surface area contributed by atoms with Gasteiger partial charge < -0.3 is 25.1 Å². The Morgan fingerprint density at radius 2 is 1.38 bits per heavy atom. The molecule has 3 aromatic rings. The van der Waals surface area contributed by atoms with E-state index in [0.29, 0.717) is 14.5 Å². The molecule has 0 aliphatic carbocycles. The van der Waals surface area contributed by atoms with E-state index >= 15 is 0 Å². The van der Waals surface area contributed by atoms with Crippen LogP contribution in [0.15, 0.2) is 46.0 Å². The van der Waals surface area contributed by atoms with E-state index in [1.165, 1.54) is 24.3 Å². The molecule has 3 N–H and O–H groups in total. The van der Waals surface area contributed by atoms with Crippen LogP contribution >= 0.6 is 11.6 Å². The minimum absolute atomic E-state index is 0.162. The van der Waals surface area contributed by atoms with E-state index in [4.69, 9.17) is 31.5 Å². The maximum Gasteiger partial charge on any atom is 0.416 e. The van der Waals surface area contributed by atoms with Crippen molar-refractivity contribution in [1.82, 2.24) is 9.13 Å². The number of rotatable bonds is 6. The average Bonchev–Trinajstić information content (AvgIpc) is 2.82. The number of nitrogens with two attached hydrogens (primary N) is 1. The van der Waals surface area contributed by atoms with Gasteiger partial charge in [0.25, 0.3) is 5.56 Å². The molecular weight excluding hydrogens is 540 g/mol. The van der Waals surface area contributed by atoms with Crippen molar-refractivity contribution in [2.75, 3.05) is 10.6 Å². The Kier molecular flexibility index (Phi) is 8.10. The Balaban J connectivity index is 2.42. The molecule has 2 aromatic carbocycles. The van der Waals surface area contributed by atoms with Gasteiger partial charge >= 0.3 is 29.7 Å². The number of esters is 3. The lowest BCUT2D eigenvalue weighted by Gasteiger charge is -2.24. The highest BCUT2D eigenvalue weighted by atomic mass is 35.5. The molecule has 0 atom stereocenters. The number of benzene rings is 2. The maximum absolute atomic E-state index is 13.2. The Morgan fingerprint density at radius 3 is 1.82 bits per heavy atom. The topological polar surface area (TPSA) is 189 Å². The van der Waals surface area contributed by atoms with E-state index in [9.17, 15) is 33.9 Å². The first-order chi connectivity index (χ1) is 18.2. The summed E-state index contributed by atoms with van der Waals surface area (Å²) in [5.74, 6) is -4.79. The summed E-state index contributed by atoms with van der Waals surface area (Å²) >= 11 is 5.92. The van der Waals surface area contributed by atoms with Crippen LogP contribution in [0.4, 0.5) is 22.0 Å². The number of amides is 1. The van der Waals surface area contributed by atoms with Gasteiger partial charge in [-0.15, -0.1) is 0 Å². The molecule has 0 fully saturated rings. The Hall–Kier alpha value is -5.11. The number of aromatic nitrogens is 2. The van der Waals surface area contributed by atoms with E-state index in [2.05, 4.69) is 0 Å². The quantitative estimate of drug-likeness (QED) is 0.332. The molecule has 0 aliphatic rings. The molecule has 0 saturated carbocycles. The first-order valence-electron chi connectivity index (χ1n) is 10.9. The van der Waals surface area contributed by atoms with E-state index in [0.717, 1.165) is 44.5 Å². The lowest BCUT2D eigenvalue weighted by atomic mass is 10.2. The van der Waals surface area contributed by atoms with Gasteiger partial charge in [0.2, 0.25) is 5.75 Å². The predicted molar refractivity (Wildman–Crippen MR) is 137 cm³/mol. The normalized spacial score (nSPS) is 10.5. The van der Waals surface area contributed by atoms with Crippen molar-refractivity contribution in [3.8, 4) is 22.9 Å². The summed E-state index contributed by atoms with van der Waals surface area (Å²) in [6.07, 6.45) is -1.76. The summed E-state index contributed by atoms with van der Waals surface area (Å²) in [5, 5.41) is 10.5. The van der Waals surface area contributed by atoms with E-state index in [1.54, 1.807) is 0 Å². The zero-order valence-electron chi connectivity index (χ0n) is 20.9. The molecule has 1 heterocycles. The number of carbonyl (C=O) groups is 4. The lowest BCUT2D eigenvalue weighted by Crippen LogP contribution is -2.43. The number of carboxylic acid groups (broad SMARTS) is 1. The minimum atomic E-state index is -1.76. The summed E-state index contributed by atoms with van der Waals surface area (Å²) in [4.78, 5) is 74.3. The number of carbonyl (C=O) groups excluding carboxylic acids is 3. The van der Waals surface area contributed by atoms with Crippen LogP contribution in [0.2, 0.25) is 5.02 Å². The predicted octanol–water partition coefficient (Wildman–Crippen LogP) is 2.36. The number of nitrogen functional groups attached to an aromatic ring is 1. The molecule has 3 rings (SSSR count). The molecule has 0 spiro atoms. The number of ether oxygens (including phenoxy) is 3. The van der Waals surface area contributed by atoms with Crippen LogP contribution in [0, 0.1) is 0 Å². The fraction of sp³-hybridized carbons (Fsp3) is 0.167. The third-order valence-corrected chi connectivity index (χ3v) is 5.24. The third-order valence-electron chi connectivity index (χ3n) is 4.99. The highest BCUT2D eigenvalue weighted by molar-refractivity contribution is 6.30. The van der Waals surface area contributed by atoms with Crippen molar-refractivity contribution in [2.45, 2.75) is 20.8 Å². The molecule has 0 radical (unpaired) electrons. The van der Waals surface area contributed by atoms with Gasteiger partial charge in [-0.05, 0) is 24.3 Å². The lowest BCUT2D eigenvalue weighted by molar-refractivity contribution is -0.135. The SMILES string of the molecule is CC(=O)Oc1cc(N(C(=O)O)c2c(N)n(-c3ccc(Cl)cc3)c(=O)n(C)c2=O)cc(OC(C)=O)c1OC(C)=O. The Bertz CT molecular complexity index is 1590. The second kappa shape index (κ2) is 11.1. The third kappa shape index (κ3) is 5.91. The molecule has 204 valence electrons. The first kappa shape index (κ1) is 28.5. The maximum atomic E-state index is 13.2. The summed E-state index contributed by atoms with van der Waals surface area (Å²) in [6.45, 7) is 3.05. The van der Waals surface area contributed by atoms with Crippen molar-refractivity contribution in [3.05, 3.63) is 62.3 Å². The number of hydrogen-bond acceptors (Lipinski definition) is 10. The van der Waals surface area contributed by atoms with E-state index in [-0.39, 0.29) is 5.69 Å². The molecule has 39 heavy (non-hydrogen) atoms. The number of halogens is 1. The number of nitrogens with zero attached hydrogens (tertiary/aromatic N) is 3. The zero-order chi connectivity index (χ0) is 29.2. The van der Waals surface area contributed by atoms with Gasteiger partial charge in [0, 0.05) is 45.0 Å². The second-order valence-electron chi connectivity index (χ2n) is 7.86. The van der Waals surface area contributed by atoms with Gasteiger partial charge in [-0.1, -0.05) is 11.6 Å². The van der Waals surface area contributed by atoms with Crippen molar-refractivity contribution in [1.29, 1.82) is 0 Å². The fourth-order valence-electron chi connectivity index (χ4n) is 3.50. The zero-order valence-corrected chi connectivity index (χ0v) is 21.6. The fourth-order valence-corrected chi connectivity index (χ4v) is 3.62. The van der Waals surface area contributed by atoms with Gasteiger partial charge in [0.1, 0.15) is 5.82 Å². The van der Waals surface area contributed by atoms with Gasteiger partial charge in [0.05, 0.1) is 11.4 Å². The number of anilines is 3.